The fourth-order valence-corrected chi connectivity index (χ4v) is 4.32. The van der Waals surface area contributed by atoms with E-state index in [0.29, 0.717) is 12.3 Å². The van der Waals surface area contributed by atoms with Crippen molar-refractivity contribution in [3.63, 3.8) is 0 Å². The molecule has 20 heavy (non-hydrogen) atoms. The molecule has 0 aliphatic heterocycles. The summed E-state index contributed by atoms with van der Waals surface area (Å²) >= 11 is 3.56. The van der Waals surface area contributed by atoms with E-state index in [2.05, 4.69) is 35.1 Å². The Morgan fingerprint density at radius 3 is 2.50 bits per heavy atom. The average Bonchev–Trinajstić information content (AvgIpc) is 2.97. The molecule has 2 saturated carbocycles. The van der Waals surface area contributed by atoms with Crippen molar-refractivity contribution in [3.8, 4) is 0 Å². The molecule has 2 fully saturated rings. The third-order valence-electron chi connectivity index (χ3n) is 5.05. The zero-order valence-corrected chi connectivity index (χ0v) is 13.8. The third kappa shape index (κ3) is 2.78. The van der Waals surface area contributed by atoms with Gasteiger partial charge in [0.05, 0.1) is 0 Å². The van der Waals surface area contributed by atoms with Gasteiger partial charge in [-0.15, -0.1) is 0 Å². The lowest BCUT2D eigenvalue weighted by molar-refractivity contribution is -0.117. The Morgan fingerprint density at radius 2 is 1.95 bits per heavy atom. The van der Waals surface area contributed by atoms with E-state index in [1.165, 1.54) is 36.8 Å². The van der Waals surface area contributed by atoms with Crippen molar-refractivity contribution >= 4 is 27.5 Å². The molecule has 3 heteroatoms. The second kappa shape index (κ2) is 5.51. The van der Waals surface area contributed by atoms with Crippen LogP contribution in [0.4, 0.5) is 5.69 Å². The molecule has 0 saturated heterocycles. The van der Waals surface area contributed by atoms with Crippen molar-refractivity contribution in [1.82, 2.24) is 0 Å². The molecule has 0 spiro atoms. The predicted octanol–water partition coefficient (Wildman–Crippen LogP) is 4.83. The van der Waals surface area contributed by atoms with E-state index in [4.69, 9.17) is 0 Å². The van der Waals surface area contributed by atoms with Gasteiger partial charge in [0.1, 0.15) is 0 Å². The molecular weight excluding hydrogens is 314 g/mol. The van der Waals surface area contributed by atoms with Crippen LogP contribution in [0, 0.1) is 31.6 Å². The maximum absolute atomic E-state index is 12.2. The minimum absolute atomic E-state index is 0.184. The smallest absolute Gasteiger partial charge is 0.224 e. The molecule has 1 aromatic rings. The molecule has 3 unspecified atom stereocenters. The summed E-state index contributed by atoms with van der Waals surface area (Å²) in [6, 6.07) is 4.07. The number of anilines is 1. The number of hydrogen-bond acceptors (Lipinski definition) is 1. The summed E-state index contributed by atoms with van der Waals surface area (Å²) in [4.78, 5) is 12.2. The number of benzene rings is 1. The van der Waals surface area contributed by atoms with Crippen molar-refractivity contribution in [2.24, 2.45) is 17.8 Å². The minimum Gasteiger partial charge on any atom is -0.326 e. The molecule has 1 amide bonds. The molecule has 3 rings (SSSR count). The van der Waals surface area contributed by atoms with E-state index in [1.807, 2.05) is 12.1 Å². The topological polar surface area (TPSA) is 29.1 Å². The Bertz CT molecular complexity index is 517. The summed E-state index contributed by atoms with van der Waals surface area (Å²) in [6.07, 6.45) is 6.09. The van der Waals surface area contributed by atoms with Crippen LogP contribution >= 0.6 is 15.9 Å². The minimum atomic E-state index is 0.184. The number of carbonyl (C=O) groups excluding carboxylic acids is 1. The summed E-state index contributed by atoms with van der Waals surface area (Å²) in [5.74, 6) is 2.55. The molecule has 1 aromatic carbocycles. The number of carbonyl (C=O) groups is 1. The number of nitrogens with one attached hydrogen (secondary N) is 1. The monoisotopic (exact) mass is 335 g/mol. The van der Waals surface area contributed by atoms with Gasteiger partial charge >= 0.3 is 0 Å². The summed E-state index contributed by atoms with van der Waals surface area (Å²) in [7, 11) is 0. The summed E-state index contributed by atoms with van der Waals surface area (Å²) in [6.45, 7) is 4.12. The lowest BCUT2D eigenvalue weighted by atomic mass is 9.86. The number of amides is 1. The number of halogens is 1. The molecule has 2 bridgehead atoms. The van der Waals surface area contributed by atoms with E-state index < -0.39 is 0 Å². The van der Waals surface area contributed by atoms with Gasteiger partial charge in [0.25, 0.3) is 0 Å². The summed E-state index contributed by atoms with van der Waals surface area (Å²) in [5.41, 5.74) is 3.26. The predicted molar refractivity (Wildman–Crippen MR) is 85.8 cm³/mol. The van der Waals surface area contributed by atoms with Crippen LogP contribution in [-0.4, -0.2) is 5.91 Å². The molecule has 1 N–H and O–H groups in total. The second-order valence-electron chi connectivity index (χ2n) is 6.61. The maximum Gasteiger partial charge on any atom is 0.224 e. The Balaban J connectivity index is 1.62. The van der Waals surface area contributed by atoms with Crippen molar-refractivity contribution in [3.05, 3.63) is 27.7 Å². The zero-order chi connectivity index (χ0) is 14.3. The normalized spacial score (nSPS) is 27.9. The molecule has 0 heterocycles. The van der Waals surface area contributed by atoms with Crippen LogP contribution in [0.5, 0.6) is 0 Å². The molecule has 108 valence electrons. The van der Waals surface area contributed by atoms with Gasteiger partial charge in [0.15, 0.2) is 0 Å². The van der Waals surface area contributed by atoms with Gasteiger partial charge in [-0.25, -0.2) is 0 Å². The van der Waals surface area contributed by atoms with Gasteiger partial charge < -0.3 is 5.32 Å². The highest BCUT2D eigenvalue weighted by Gasteiger charge is 2.40. The van der Waals surface area contributed by atoms with Crippen molar-refractivity contribution in [2.75, 3.05) is 5.32 Å². The van der Waals surface area contributed by atoms with E-state index in [0.717, 1.165) is 22.0 Å². The molecule has 2 aliphatic carbocycles. The van der Waals surface area contributed by atoms with Gasteiger partial charge in [-0.2, -0.15) is 0 Å². The third-order valence-corrected chi connectivity index (χ3v) is 6.30. The van der Waals surface area contributed by atoms with E-state index >= 15 is 0 Å². The van der Waals surface area contributed by atoms with Crippen LogP contribution in [0.25, 0.3) is 0 Å². The van der Waals surface area contributed by atoms with Crippen LogP contribution in [0.15, 0.2) is 16.6 Å². The van der Waals surface area contributed by atoms with E-state index in [9.17, 15) is 4.79 Å². The van der Waals surface area contributed by atoms with Crippen LogP contribution in [0.3, 0.4) is 0 Å². The first-order chi connectivity index (χ1) is 9.52. The molecule has 2 nitrogen and oxygen atoms in total. The van der Waals surface area contributed by atoms with Gasteiger partial charge in [-0.1, -0.05) is 22.4 Å². The fraction of sp³-hybridized carbons (Fsp3) is 0.588. The first-order valence-electron chi connectivity index (χ1n) is 7.59. The van der Waals surface area contributed by atoms with Crippen molar-refractivity contribution < 1.29 is 4.79 Å². The van der Waals surface area contributed by atoms with E-state index in [1.54, 1.807) is 0 Å². The lowest BCUT2D eigenvalue weighted by Crippen LogP contribution is -2.20. The van der Waals surface area contributed by atoms with Gasteiger partial charge in [0.2, 0.25) is 5.91 Å². The molecule has 0 aromatic heterocycles. The number of fused-ring (bicyclic) bond motifs is 2. The molecule has 2 aliphatic rings. The average molecular weight is 336 g/mol. The van der Waals surface area contributed by atoms with Gasteiger partial charge in [-0.05, 0) is 74.1 Å². The second-order valence-corrected chi connectivity index (χ2v) is 7.40. The van der Waals surface area contributed by atoms with Gasteiger partial charge in [-0.3, -0.25) is 4.79 Å². The maximum atomic E-state index is 12.2. The molecular formula is C17H22BrNO. The first-order valence-corrected chi connectivity index (χ1v) is 8.39. The highest BCUT2D eigenvalue weighted by Crippen LogP contribution is 2.49. The largest absolute Gasteiger partial charge is 0.326 e. The standard InChI is InChI=1S/C17H22BrNO/c1-10-5-15(6-11(2)17(10)18)19-16(20)9-14-8-12-3-4-13(14)7-12/h5-6,12-14H,3-4,7-9H2,1-2H3,(H,19,20). The van der Waals surface area contributed by atoms with Gasteiger partial charge in [0, 0.05) is 16.6 Å². The number of aryl methyl sites for hydroxylation is 2. The number of hydrogen-bond donors (Lipinski definition) is 1. The van der Waals surface area contributed by atoms with Crippen molar-refractivity contribution in [2.45, 2.75) is 46.0 Å². The SMILES string of the molecule is Cc1cc(NC(=O)CC2CC3CCC2C3)cc(C)c1Br. The zero-order valence-electron chi connectivity index (χ0n) is 12.2. The Morgan fingerprint density at radius 1 is 1.25 bits per heavy atom. The van der Waals surface area contributed by atoms with Crippen LogP contribution in [0.1, 0.15) is 43.2 Å². The lowest BCUT2D eigenvalue weighted by Gasteiger charge is -2.21. The number of rotatable bonds is 3. The Kier molecular flexibility index (Phi) is 3.89. The summed E-state index contributed by atoms with van der Waals surface area (Å²) in [5, 5.41) is 3.08. The van der Waals surface area contributed by atoms with Crippen LogP contribution in [0.2, 0.25) is 0 Å². The quantitative estimate of drug-likeness (QED) is 0.841. The van der Waals surface area contributed by atoms with Crippen LogP contribution in [-0.2, 0) is 4.79 Å². The summed E-state index contributed by atoms with van der Waals surface area (Å²) < 4.78 is 1.13. The highest BCUT2D eigenvalue weighted by molar-refractivity contribution is 9.10. The van der Waals surface area contributed by atoms with Crippen molar-refractivity contribution in [1.29, 1.82) is 0 Å². The Labute approximate surface area is 129 Å². The van der Waals surface area contributed by atoms with E-state index in [-0.39, 0.29) is 5.91 Å². The first kappa shape index (κ1) is 14.1. The molecule has 0 radical (unpaired) electrons. The Hall–Kier alpha value is -0.830. The molecule has 3 atom stereocenters. The van der Waals surface area contributed by atoms with Crippen LogP contribution < -0.4 is 5.32 Å². The highest BCUT2D eigenvalue weighted by atomic mass is 79.9. The fourth-order valence-electron chi connectivity index (χ4n) is 4.09.